The highest BCUT2D eigenvalue weighted by Gasteiger charge is 2.34. The summed E-state index contributed by atoms with van der Waals surface area (Å²) in [6.45, 7) is 7.98. The number of amides is 1. The Hall–Kier alpha value is -1.59. The Labute approximate surface area is 132 Å². The van der Waals surface area contributed by atoms with Crippen LogP contribution < -0.4 is 5.32 Å². The lowest BCUT2D eigenvalue weighted by Crippen LogP contribution is -2.45. The Morgan fingerprint density at radius 3 is 2.55 bits per heavy atom. The number of alkyl carbamates (subject to hydrolysis) is 1. The van der Waals surface area contributed by atoms with Gasteiger partial charge in [0, 0.05) is 26.7 Å². The standard InChI is InChI=1S/C17H26N2O3/c1-17(2,3)22-16(20)18-14-11-19(12-15(14)21-4)10-13-8-6-5-7-9-13/h5-9,14-15H,10-12H2,1-4H3,(H,18,20)/t14-,15-/m1/s1. The second kappa shape index (κ2) is 7.11. The molecule has 1 fully saturated rings. The number of ether oxygens (including phenoxy) is 2. The first kappa shape index (κ1) is 16.8. The fourth-order valence-corrected chi connectivity index (χ4v) is 2.66. The minimum Gasteiger partial charge on any atom is -0.444 e. The summed E-state index contributed by atoms with van der Waals surface area (Å²) in [6.07, 6.45) is -0.405. The zero-order valence-corrected chi connectivity index (χ0v) is 13.8. The summed E-state index contributed by atoms with van der Waals surface area (Å²) in [5.74, 6) is 0. The van der Waals surface area contributed by atoms with E-state index in [1.807, 2.05) is 39.0 Å². The lowest BCUT2D eigenvalue weighted by Gasteiger charge is -2.23. The number of nitrogens with one attached hydrogen (secondary N) is 1. The number of nitrogens with zero attached hydrogens (tertiary/aromatic N) is 1. The molecule has 0 bridgehead atoms. The molecular weight excluding hydrogens is 280 g/mol. The lowest BCUT2D eigenvalue weighted by atomic mass is 10.2. The van der Waals surface area contributed by atoms with Crippen LogP contribution in [0.3, 0.4) is 0 Å². The van der Waals surface area contributed by atoms with Gasteiger partial charge in [-0.3, -0.25) is 4.90 Å². The van der Waals surface area contributed by atoms with E-state index in [4.69, 9.17) is 9.47 Å². The molecule has 122 valence electrons. The minimum atomic E-state index is -0.491. The van der Waals surface area contributed by atoms with Crippen LogP contribution in [0.2, 0.25) is 0 Å². The average molecular weight is 306 g/mol. The summed E-state index contributed by atoms with van der Waals surface area (Å²) in [7, 11) is 1.68. The third-order valence-electron chi connectivity index (χ3n) is 3.60. The molecule has 1 aliphatic rings. The fourth-order valence-electron chi connectivity index (χ4n) is 2.66. The van der Waals surface area contributed by atoms with Crippen molar-refractivity contribution in [1.82, 2.24) is 10.2 Å². The molecule has 1 aromatic carbocycles. The van der Waals surface area contributed by atoms with Gasteiger partial charge in [-0.15, -0.1) is 0 Å². The van der Waals surface area contributed by atoms with E-state index in [1.165, 1.54) is 5.56 Å². The fraction of sp³-hybridized carbons (Fsp3) is 0.588. The highest BCUT2D eigenvalue weighted by Crippen LogP contribution is 2.17. The molecule has 1 amide bonds. The second-order valence-corrected chi connectivity index (χ2v) is 6.71. The summed E-state index contributed by atoms with van der Waals surface area (Å²) in [5, 5.41) is 2.92. The predicted molar refractivity (Wildman–Crippen MR) is 85.7 cm³/mol. The number of rotatable bonds is 4. The first-order valence-corrected chi connectivity index (χ1v) is 7.66. The Morgan fingerprint density at radius 2 is 1.95 bits per heavy atom. The molecule has 5 heteroatoms. The quantitative estimate of drug-likeness (QED) is 0.928. The maximum Gasteiger partial charge on any atom is 0.408 e. The SMILES string of the molecule is CO[C@@H]1CN(Cc2ccccc2)C[C@H]1NC(=O)OC(C)(C)C. The van der Waals surface area contributed by atoms with Gasteiger partial charge in [-0.2, -0.15) is 0 Å². The van der Waals surface area contributed by atoms with Crippen LogP contribution in [0.1, 0.15) is 26.3 Å². The predicted octanol–water partition coefficient (Wildman–Crippen LogP) is 2.41. The highest BCUT2D eigenvalue weighted by molar-refractivity contribution is 5.68. The molecule has 1 heterocycles. The van der Waals surface area contributed by atoms with Crippen LogP contribution in [-0.2, 0) is 16.0 Å². The number of benzene rings is 1. The van der Waals surface area contributed by atoms with E-state index in [2.05, 4.69) is 22.3 Å². The number of likely N-dealkylation sites (tertiary alicyclic amines) is 1. The molecule has 2 atom stereocenters. The van der Waals surface area contributed by atoms with Crippen LogP contribution in [-0.4, -0.2) is 48.9 Å². The van der Waals surface area contributed by atoms with Gasteiger partial charge in [0.25, 0.3) is 0 Å². The zero-order chi connectivity index (χ0) is 16.2. The van der Waals surface area contributed by atoms with E-state index in [-0.39, 0.29) is 18.2 Å². The van der Waals surface area contributed by atoms with E-state index >= 15 is 0 Å². The third kappa shape index (κ3) is 5.00. The summed E-state index contributed by atoms with van der Waals surface area (Å²) in [4.78, 5) is 14.2. The Kier molecular flexibility index (Phi) is 5.42. The van der Waals surface area contributed by atoms with Gasteiger partial charge in [-0.25, -0.2) is 4.79 Å². The van der Waals surface area contributed by atoms with Gasteiger partial charge in [-0.1, -0.05) is 30.3 Å². The van der Waals surface area contributed by atoms with Crippen LogP contribution in [0.15, 0.2) is 30.3 Å². The molecule has 0 aliphatic carbocycles. The maximum absolute atomic E-state index is 11.9. The Bertz CT molecular complexity index is 484. The van der Waals surface area contributed by atoms with Gasteiger partial charge >= 0.3 is 6.09 Å². The van der Waals surface area contributed by atoms with Crippen molar-refractivity contribution in [3.8, 4) is 0 Å². The molecule has 0 spiro atoms. The molecular formula is C17H26N2O3. The molecule has 0 aromatic heterocycles. The van der Waals surface area contributed by atoms with Crippen molar-refractivity contribution in [2.24, 2.45) is 0 Å². The monoisotopic (exact) mass is 306 g/mol. The van der Waals surface area contributed by atoms with Crippen LogP contribution in [0.5, 0.6) is 0 Å². The summed E-state index contributed by atoms with van der Waals surface area (Å²) >= 11 is 0. The minimum absolute atomic E-state index is 0.0174. The van der Waals surface area contributed by atoms with E-state index in [0.29, 0.717) is 0 Å². The molecule has 1 saturated heterocycles. The highest BCUT2D eigenvalue weighted by atomic mass is 16.6. The van der Waals surface area contributed by atoms with Crippen LogP contribution in [0.25, 0.3) is 0 Å². The Balaban J connectivity index is 1.90. The van der Waals surface area contributed by atoms with Gasteiger partial charge in [0.2, 0.25) is 0 Å². The smallest absolute Gasteiger partial charge is 0.408 e. The number of hydrogen-bond acceptors (Lipinski definition) is 4. The van der Waals surface area contributed by atoms with Crippen molar-refractivity contribution in [2.45, 2.75) is 45.1 Å². The maximum atomic E-state index is 11.9. The molecule has 1 aromatic rings. The number of hydrogen-bond donors (Lipinski definition) is 1. The first-order valence-electron chi connectivity index (χ1n) is 7.66. The van der Waals surface area contributed by atoms with Gasteiger partial charge in [0.1, 0.15) is 5.60 Å². The zero-order valence-electron chi connectivity index (χ0n) is 13.8. The van der Waals surface area contributed by atoms with Gasteiger partial charge < -0.3 is 14.8 Å². The molecule has 1 N–H and O–H groups in total. The molecule has 0 radical (unpaired) electrons. The molecule has 22 heavy (non-hydrogen) atoms. The van der Waals surface area contributed by atoms with Gasteiger partial charge in [0.05, 0.1) is 12.1 Å². The normalized spacial score (nSPS) is 22.5. The van der Waals surface area contributed by atoms with Crippen molar-refractivity contribution >= 4 is 6.09 Å². The number of methoxy groups -OCH3 is 1. The topological polar surface area (TPSA) is 50.8 Å². The summed E-state index contributed by atoms with van der Waals surface area (Å²) in [5.41, 5.74) is 0.768. The number of carbonyl (C=O) groups excluding carboxylic acids is 1. The molecule has 1 aliphatic heterocycles. The Morgan fingerprint density at radius 1 is 1.27 bits per heavy atom. The van der Waals surface area contributed by atoms with Crippen molar-refractivity contribution in [2.75, 3.05) is 20.2 Å². The molecule has 0 unspecified atom stereocenters. The number of carbonyl (C=O) groups is 1. The van der Waals surface area contributed by atoms with Crippen molar-refractivity contribution in [1.29, 1.82) is 0 Å². The van der Waals surface area contributed by atoms with Crippen molar-refractivity contribution < 1.29 is 14.3 Å². The lowest BCUT2D eigenvalue weighted by molar-refractivity contribution is 0.0415. The largest absolute Gasteiger partial charge is 0.444 e. The van der Waals surface area contributed by atoms with Gasteiger partial charge in [-0.05, 0) is 26.3 Å². The van der Waals surface area contributed by atoms with Crippen molar-refractivity contribution in [3.05, 3.63) is 35.9 Å². The van der Waals surface area contributed by atoms with Crippen LogP contribution >= 0.6 is 0 Å². The van der Waals surface area contributed by atoms with E-state index in [1.54, 1.807) is 7.11 Å². The molecule has 0 saturated carbocycles. The van der Waals surface area contributed by atoms with Crippen molar-refractivity contribution in [3.63, 3.8) is 0 Å². The van der Waals surface area contributed by atoms with E-state index < -0.39 is 5.60 Å². The van der Waals surface area contributed by atoms with Crippen LogP contribution in [0, 0.1) is 0 Å². The van der Waals surface area contributed by atoms with E-state index in [0.717, 1.165) is 19.6 Å². The van der Waals surface area contributed by atoms with Crippen LogP contribution in [0.4, 0.5) is 4.79 Å². The summed E-state index contributed by atoms with van der Waals surface area (Å²) in [6, 6.07) is 10.2. The third-order valence-corrected chi connectivity index (χ3v) is 3.60. The average Bonchev–Trinajstić information content (AvgIpc) is 2.79. The van der Waals surface area contributed by atoms with Gasteiger partial charge in [0.15, 0.2) is 0 Å². The second-order valence-electron chi connectivity index (χ2n) is 6.71. The van der Waals surface area contributed by atoms with E-state index in [9.17, 15) is 4.79 Å². The molecule has 5 nitrogen and oxygen atoms in total. The molecule has 2 rings (SSSR count). The summed E-state index contributed by atoms with van der Waals surface area (Å²) < 4.78 is 10.8. The first-order chi connectivity index (χ1) is 10.4.